The van der Waals surface area contributed by atoms with E-state index in [1.165, 1.54) is 25.7 Å². The smallest absolute Gasteiger partial charge is 0.317 e. The van der Waals surface area contributed by atoms with Gasteiger partial charge in [0.1, 0.15) is 0 Å². The highest BCUT2D eigenvalue weighted by molar-refractivity contribution is 5.74. The summed E-state index contributed by atoms with van der Waals surface area (Å²) in [6.45, 7) is 5.37. The number of nitrogens with zero attached hydrogens (tertiary/aromatic N) is 1. The molecule has 4 rings (SSSR count). The maximum atomic E-state index is 11.9. The van der Waals surface area contributed by atoms with Gasteiger partial charge in [0.05, 0.1) is 6.10 Å². The number of rotatable bonds is 3. The molecule has 0 radical (unpaired) electrons. The van der Waals surface area contributed by atoms with Crippen LogP contribution in [-0.2, 0) is 4.74 Å². The van der Waals surface area contributed by atoms with Crippen LogP contribution in [0.25, 0.3) is 0 Å². The maximum absolute atomic E-state index is 11.9. The van der Waals surface area contributed by atoms with Crippen LogP contribution in [0.4, 0.5) is 4.79 Å². The lowest BCUT2D eigenvalue weighted by molar-refractivity contribution is -0.178. The van der Waals surface area contributed by atoms with Gasteiger partial charge in [-0.1, -0.05) is 6.42 Å². The topological polar surface area (TPSA) is 53.6 Å². The first-order valence-electron chi connectivity index (χ1n) is 8.65. The van der Waals surface area contributed by atoms with Crippen molar-refractivity contribution in [1.29, 1.82) is 0 Å². The minimum atomic E-state index is 0.0934. The first-order chi connectivity index (χ1) is 10.2. The van der Waals surface area contributed by atoms with Gasteiger partial charge in [-0.25, -0.2) is 4.79 Å². The Bertz CT molecular complexity index is 424. The molecule has 4 atom stereocenters. The van der Waals surface area contributed by atoms with E-state index in [4.69, 9.17) is 4.74 Å². The summed E-state index contributed by atoms with van der Waals surface area (Å²) in [5.41, 5.74) is 0.445. The van der Waals surface area contributed by atoms with Gasteiger partial charge in [0.25, 0.3) is 0 Å². The lowest BCUT2D eigenvalue weighted by Gasteiger charge is -2.64. The van der Waals surface area contributed by atoms with Crippen LogP contribution in [0.15, 0.2) is 0 Å². The third kappa shape index (κ3) is 2.00. The Hall–Kier alpha value is -0.810. The zero-order valence-corrected chi connectivity index (χ0v) is 12.9. The zero-order chi connectivity index (χ0) is 14.4. The highest BCUT2D eigenvalue weighted by Crippen LogP contribution is 2.62. The van der Waals surface area contributed by atoms with Gasteiger partial charge in [-0.05, 0) is 32.6 Å². The minimum absolute atomic E-state index is 0.0934. The van der Waals surface area contributed by atoms with Gasteiger partial charge >= 0.3 is 6.03 Å². The second-order valence-electron chi connectivity index (χ2n) is 7.24. The molecule has 0 aromatic heterocycles. The number of carbonyl (C=O) groups excluding carboxylic acids is 1. The number of amides is 2. The van der Waals surface area contributed by atoms with Gasteiger partial charge in [0.15, 0.2) is 0 Å². The highest BCUT2D eigenvalue weighted by Gasteiger charge is 2.66. The van der Waals surface area contributed by atoms with Gasteiger partial charge in [-0.3, -0.25) is 0 Å². The number of nitrogens with one attached hydrogen (secondary N) is 2. The fourth-order valence-electron chi connectivity index (χ4n) is 5.09. The molecule has 118 valence electrons. The van der Waals surface area contributed by atoms with Crippen molar-refractivity contribution in [3.8, 4) is 0 Å². The van der Waals surface area contributed by atoms with E-state index in [1.807, 2.05) is 11.8 Å². The molecule has 1 spiro atoms. The molecule has 4 fully saturated rings. The molecule has 5 nitrogen and oxygen atoms in total. The average Bonchev–Trinajstić information content (AvgIpc) is 3.02. The van der Waals surface area contributed by atoms with Crippen molar-refractivity contribution in [2.45, 2.75) is 57.2 Å². The van der Waals surface area contributed by atoms with E-state index in [2.05, 4.69) is 10.6 Å². The highest BCUT2D eigenvalue weighted by atomic mass is 16.5. The van der Waals surface area contributed by atoms with Gasteiger partial charge in [-0.2, -0.15) is 0 Å². The Labute approximate surface area is 126 Å². The second-order valence-corrected chi connectivity index (χ2v) is 7.24. The normalized spacial score (nSPS) is 39.8. The molecule has 2 unspecified atom stereocenters. The van der Waals surface area contributed by atoms with E-state index in [0.717, 1.165) is 32.0 Å². The van der Waals surface area contributed by atoms with Crippen LogP contribution in [0, 0.1) is 11.3 Å². The van der Waals surface area contributed by atoms with Crippen LogP contribution in [0.2, 0.25) is 0 Å². The van der Waals surface area contributed by atoms with Crippen molar-refractivity contribution < 1.29 is 9.53 Å². The molecule has 2 aliphatic carbocycles. The number of carbonyl (C=O) groups is 1. The van der Waals surface area contributed by atoms with Crippen LogP contribution < -0.4 is 10.6 Å². The van der Waals surface area contributed by atoms with E-state index < -0.39 is 0 Å². The number of urea groups is 1. The predicted octanol–water partition coefficient (Wildman–Crippen LogP) is 1.34. The molecular formula is C16H27N3O2. The lowest BCUT2D eigenvalue weighted by atomic mass is 9.46. The first kappa shape index (κ1) is 13.8. The Morgan fingerprint density at radius 3 is 2.95 bits per heavy atom. The number of hydrogen-bond donors (Lipinski definition) is 2. The van der Waals surface area contributed by atoms with Crippen LogP contribution >= 0.6 is 0 Å². The second kappa shape index (κ2) is 5.13. The summed E-state index contributed by atoms with van der Waals surface area (Å²) >= 11 is 0. The number of fused-ring (bicyclic) bond motifs is 2. The Kier molecular flexibility index (Phi) is 3.38. The number of hydrogen-bond acceptors (Lipinski definition) is 3. The summed E-state index contributed by atoms with van der Waals surface area (Å²) in [5, 5.41) is 6.81. The summed E-state index contributed by atoms with van der Waals surface area (Å²) in [6.07, 6.45) is 6.86. The molecule has 2 heterocycles. The van der Waals surface area contributed by atoms with Crippen LogP contribution in [-0.4, -0.2) is 55.4 Å². The molecule has 5 heteroatoms. The Morgan fingerprint density at radius 1 is 1.38 bits per heavy atom. The summed E-state index contributed by atoms with van der Waals surface area (Å²) in [7, 11) is 0. The van der Waals surface area contributed by atoms with Crippen molar-refractivity contribution >= 4 is 6.03 Å². The predicted molar refractivity (Wildman–Crippen MR) is 80.1 cm³/mol. The monoisotopic (exact) mass is 293 g/mol. The fraction of sp³-hybridized carbons (Fsp3) is 0.938. The van der Waals surface area contributed by atoms with Gasteiger partial charge in [-0.15, -0.1) is 0 Å². The molecule has 0 aromatic rings. The molecule has 0 bridgehead atoms. The lowest BCUT2D eigenvalue weighted by Crippen LogP contribution is -2.72. The zero-order valence-electron chi connectivity index (χ0n) is 12.9. The molecule has 2 N–H and O–H groups in total. The van der Waals surface area contributed by atoms with Crippen molar-refractivity contribution in [2.75, 3.05) is 26.2 Å². The molecule has 2 aliphatic heterocycles. The fourth-order valence-corrected chi connectivity index (χ4v) is 5.09. The largest absolute Gasteiger partial charge is 0.377 e. The molecule has 2 saturated carbocycles. The summed E-state index contributed by atoms with van der Waals surface area (Å²) in [5.74, 6) is 0.726. The number of likely N-dealkylation sites (tertiary alicyclic amines) is 1. The van der Waals surface area contributed by atoms with Crippen molar-refractivity contribution in [2.24, 2.45) is 11.3 Å². The van der Waals surface area contributed by atoms with Crippen molar-refractivity contribution in [3.63, 3.8) is 0 Å². The molecule has 21 heavy (non-hydrogen) atoms. The summed E-state index contributed by atoms with van der Waals surface area (Å²) in [6, 6.07) is 1.20. The molecule has 0 aromatic carbocycles. The van der Waals surface area contributed by atoms with Crippen LogP contribution in [0.5, 0.6) is 0 Å². The van der Waals surface area contributed by atoms with E-state index in [0.29, 0.717) is 30.1 Å². The van der Waals surface area contributed by atoms with Crippen LogP contribution in [0.1, 0.15) is 39.0 Å². The van der Waals surface area contributed by atoms with Crippen LogP contribution in [0.3, 0.4) is 0 Å². The third-order valence-electron chi connectivity index (χ3n) is 6.25. The van der Waals surface area contributed by atoms with E-state index in [-0.39, 0.29) is 6.03 Å². The van der Waals surface area contributed by atoms with E-state index >= 15 is 0 Å². The van der Waals surface area contributed by atoms with Gasteiger partial charge in [0.2, 0.25) is 0 Å². The standard InChI is InChI=1S/C16H27N3O2/c1-2-17-15(20)19-8-4-11(10-19)18-13-12-5-9-21-14(12)16(13)6-3-7-16/h11-14,18H,2-10H2,1H3,(H,17,20)/t11?,12-,13?,14-/m1/s1. The molecule has 4 aliphatic rings. The first-order valence-corrected chi connectivity index (χ1v) is 8.65. The minimum Gasteiger partial charge on any atom is -0.377 e. The molecular weight excluding hydrogens is 266 g/mol. The Balaban J connectivity index is 1.35. The van der Waals surface area contributed by atoms with E-state index in [1.54, 1.807) is 0 Å². The van der Waals surface area contributed by atoms with Gasteiger partial charge < -0.3 is 20.3 Å². The quantitative estimate of drug-likeness (QED) is 0.825. The molecule has 2 saturated heterocycles. The third-order valence-corrected chi connectivity index (χ3v) is 6.25. The summed E-state index contributed by atoms with van der Waals surface area (Å²) < 4.78 is 5.98. The average molecular weight is 293 g/mol. The van der Waals surface area contributed by atoms with Crippen molar-refractivity contribution in [3.05, 3.63) is 0 Å². The SMILES string of the molecule is CCNC(=O)N1CCC(NC2[C@H]3CCO[C@H]3C23CCC3)C1. The maximum Gasteiger partial charge on any atom is 0.317 e. The number of ether oxygens (including phenoxy) is 1. The van der Waals surface area contributed by atoms with Gasteiger partial charge in [0, 0.05) is 49.7 Å². The Morgan fingerprint density at radius 2 is 2.24 bits per heavy atom. The van der Waals surface area contributed by atoms with E-state index in [9.17, 15) is 4.79 Å². The van der Waals surface area contributed by atoms with Crippen molar-refractivity contribution in [1.82, 2.24) is 15.5 Å². The molecule has 2 amide bonds. The summed E-state index contributed by atoms with van der Waals surface area (Å²) in [4.78, 5) is 13.9.